The molecule has 7 heteroatoms. The Morgan fingerprint density at radius 2 is 2.10 bits per heavy atom. The van der Waals surface area contributed by atoms with Gasteiger partial charge in [0.25, 0.3) is 0 Å². The molecule has 7 nitrogen and oxygen atoms in total. The average molecular weight is 289 g/mol. The first-order chi connectivity index (χ1) is 9.93. The highest BCUT2D eigenvalue weighted by atomic mass is 16.5. The van der Waals surface area contributed by atoms with Crippen molar-refractivity contribution in [2.75, 3.05) is 7.11 Å². The van der Waals surface area contributed by atoms with Gasteiger partial charge in [0.15, 0.2) is 5.82 Å². The number of aryl methyl sites for hydroxylation is 1. The number of hydrogen-bond acceptors (Lipinski definition) is 5. The molecule has 1 N–H and O–H groups in total. The van der Waals surface area contributed by atoms with Crippen molar-refractivity contribution in [3.05, 3.63) is 40.8 Å². The first kappa shape index (κ1) is 14.7. The van der Waals surface area contributed by atoms with E-state index in [0.717, 1.165) is 0 Å². The van der Waals surface area contributed by atoms with Crippen molar-refractivity contribution < 1.29 is 19.4 Å². The Morgan fingerprint density at radius 3 is 2.71 bits per heavy atom. The molecule has 0 aliphatic carbocycles. The van der Waals surface area contributed by atoms with Crippen LogP contribution in [0.2, 0.25) is 0 Å². The number of ether oxygens (including phenoxy) is 1. The van der Waals surface area contributed by atoms with Crippen LogP contribution in [0.1, 0.15) is 27.3 Å². The fourth-order valence-corrected chi connectivity index (χ4v) is 2.08. The van der Waals surface area contributed by atoms with Crippen LogP contribution in [-0.2, 0) is 16.0 Å². The van der Waals surface area contributed by atoms with E-state index in [1.165, 1.54) is 18.0 Å². The van der Waals surface area contributed by atoms with Gasteiger partial charge in [0, 0.05) is 17.5 Å². The number of rotatable bonds is 4. The van der Waals surface area contributed by atoms with Gasteiger partial charge in [-0.15, -0.1) is 0 Å². The summed E-state index contributed by atoms with van der Waals surface area (Å²) in [6.45, 7) is 3.51. The third-order valence-corrected chi connectivity index (χ3v) is 3.15. The molecular formula is C14H15N3O4. The van der Waals surface area contributed by atoms with Gasteiger partial charge in [0.1, 0.15) is 0 Å². The van der Waals surface area contributed by atoms with Crippen LogP contribution in [0.3, 0.4) is 0 Å². The second-order valence-corrected chi connectivity index (χ2v) is 4.53. The molecule has 0 fully saturated rings. The second kappa shape index (κ2) is 5.74. The molecule has 0 saturated heterocycles. The normalized spacial score (nSPS) is 10.4. The van der Waals surface area contributed by atoms with Gasteiger partial charge in [0.05, 0.1) is 24.8 Å². The minimum atomic E-state index is -0.919. The van der Waals surface area contributed by atoms with Gasteiger partial charge in [-0.05, 0) is 26.0 Å². The van der Waals surface area contributed by atoms with Crippen LogP contribution in [0.15, 0.2) is 18.3 Å². The van der Waals surface area contributed by atoms with Gasteiger partial charge >= 0.3 is 11.9 Å². The number of carboxylic acids is 1. The Balaban J connectivity index is 2.48. The van der Waals surface area contributed by atoms with Crippen molar-refractivity contribution in [2.45, 2.75) is 20.3 Å². The van der Waals surface area contributed by atoms with E-state index in [-0.39, 0.29) is 6.42 Å². The van der Waals surface area contributed by atoms with E-state index in [1.807, 2.05) is 0 Å². The monoisotopic (exact) mass is 289 g/mol. The predicted molar refractivity (Wildman–Crippen MR) is 73.5 cm³/mol. The topological polar surface area (TPSA) is 94.3 Å². The van der Waals surface area contributed by atoms with E-state index >= 15 is 0 Å². The molecule has 0 unspecified atom stereocenters. The van der Waals surface area contributed by atoms with E-state index in [1.54, 1.807) is 26.0 Å². The van der Waals surface area contributed by atoms with Gasteiger partial charge in [-0.1, -0.05) is 0 Å². The predicted octanol–water partition coefficient (Wildman–Crippen LogP) is 1.30. The van der Waals surface area contributed by atoms with Crippen molar-refractivity contribution in [3.63, 3.8) is 0 Å². The molecule has 0 atom stereocenters. The fourth-order valence-electron chi connectivity index (χ4n) is 2.08. The van der Waals surface area contributed by atoms with Crippen LogP contribution < -0.4 is 0 Å². The highest BCUT2D eigenvalue weighted by molar-refractivity contribution is 5.89. The standard InChI is InChI=1S/C14H15N3O4/c1-8-11(7-13(18)19)9(2)17(16-8)12-6-10(4-5-15-12)14(20)21-3/h4-6H,7H2,1-3H3,(H,18,19). The lowest BCUT2D eigenvalue weighted by Crippen LogP contribution is -2.07. The smallest absolute Gasteiger partial charge is 0.338 e. The maximum Gasteiger partial charge on any atom is 0.338 e. The summed E-state index contributed by atoms with van der Waals surface area (Å²) < 4.78 is 6.19. The largest absolute Gasteiger partial charge is 0.481 e. The number of hydrogen-bond donors (Lipinski definition) is 1. The lowest BCUT2D eigenvalue weighted by Gasteiger charge is -2.05. The molecule has 2 rings (SSSR count). The Labute approximate surface area is 121 Å². The Hall–Kier alpha value is -2.70. The molecule has 0 spiro atoms. The molecule has 110 valence electrons. The van der Waals surface area contributed by atoms with E-state index in [9.17, 15) is 9.59 Å². The third kappa shape index (κ3) is 2.91. The molecule has 0 aromatic carbocycles. The fraction of sp³-hybridized carbons (Fsp3) is 0.286. The van der Waals surface area contributed by atoms with Crippen LogP contribution >= 0.6 is 0 Å². The lowest BCUT2D eigenvalue weighted by molar-refractivity contribution is -0.136. The van der Waals surface area contributed by atoms with Gasteiger partial charge < -0.3 is 9.84 Å². The lowest BCUT2D eigenvalue weighted by atomic mass is 10.1. The van der Waals surface area contributed by atoms with Crippen molar-refractivity contribution >= 4 is 11.9 Å². The first-order valence-electron chi connectivity index (χ1n) is 6.25. The highest BCUT2D eigenvalue weighted by Gasteiger charge is 2.17. The number of aliphatic carboxylic acids is 1. The summed E-state index contributed by atoms with van der Waals surface area (Å²) in [5.74, 6) is -0.946. The number of esters is 1. The number of carboxylic acid groups (broad SMARTS) is 1. The quantitative estimate of drug-likeness (QED) is 0.852. The zero-order chi connectivity index (χ0) is 15.6. The van der Waals surface area contributed by atoms with Crippen molar-refractivity contribution in [1.29, 1.82) is 0 Å². The minimum Gasteiger partial charge on any atom is -0.481 e. The second-order valence-electron chi connectivity index (χ2n) is 4.53. The Bertz CT molecular complexity index is 706. The van der Waals surface area contributed by atoms with Crippen LogP contribution in [0.4, 0.5) is 0 Å². The minimum absolute atomic E-state index is 0.103. The van der Waals surface area contributed by atoms with Gasteiger partial charge in [-0.25, -0.2) is 14.5 Å². The number of aromatic nitrogens is 3. The first-order valence-corrected chi connectivity index (χ1v) is 6.25. The molecule has 2 aromatic rings. The van der Waals surface area contributed by atoms with E-state index in [0.29, 0.717) is 28.3 Å². The Kier molecular flexibility index (Phi) is 4.02. The van der Waals surface area contributed by atoms with Gasteiger partial charge in [0.2, 0.25) is 0 Å². The number of pyridine rings is 1. The third-order valence-electron chi connectivity index (χ3n) is 3.15. The highest BCUT2D eigenvalue weighted by Crippen LogP contribution is 2.18. The molecule has 2 heterocycles. The molecule has 0 saturated carbocycles. The molecule has 21 heavy (non-hydrogen) atoms. The molecule has 0 aliphatic rings. The summed E-state index contributed by atoms with van der Waals surface area (Å²) in [5.41, 5.74) is 2.31. The molecule has 0 aliphatic heterocycles. The number of methoxy groups -OCH3 is 1. The molecule has 2 aromatic heterocycles. The number of nitrogens with zero attached hydrogens (tertiary/aromatic N) is 3. The summed E-state index contributed by atoms with van der Waals surface area (Å²) in [6.07, 6.45) is 1.38. The number of carbonyl (C=O) groups excluding carboxylic acids is 1. The van der Waals surface area contributed by atoms with Gasteiger partial charge in [-0.3, -0.25) is 4.79 Å². The average Bonchev–Trinajstić information content (AvgIpc) is 2.74. The van der Waals surface area contributed by atoms with E-state index in [2.05, 4.69) is 14.8 Å². The summed E-state index contributed by atoms with van der Waals surface area (Å²) in [5, 5.41) is 13.2. The van der Waals surface area contributed by atoms with Gasteiger partial charge in [-0.2, -0.15) is 5.10 Å². The van der Waals surface area contributed by atoms with Crippen molar-refractivity contribution in [2.24, 2.45) is 0 Å². The zero-order valence-electron chi connectivity index (χ0n) is 12.0. The summed E-state index contributed by atoms with van der Waals surface area (Å²) in [7, 11) is 1.30. The maximum absolute atomic E-state index is 11.5. The summed E-state index contributed by atoms with van der Waals surface area (Å²) in [4.78, 5) is 26.6. The van der Waals surface area contributed by atoms with Crippen LogP contribution in [0.5, 0.6) is 0 Å². The molecule has 0 amide bonds. The molecule has 0 bridgehead atoms. The van der Waals surface area contributed by atoms with E-state index < -0.39 is 11.9 Å². The Morgan fingerprint density at radius 1 is 1.38 bits per heavy atom. The van der Waals surface area contributed by atoms with Crippen molar-refractivity contribution in [3.8, 4) is 5.82 Å². The van der Waals surface area contributed by atoms with E-state index in [4.69, 9.17) is 5.11 Å². The molecular weight excluding hydrogens is 274 g/mol. The summed E-state index contributed by atoms with van der Waals surface area (Å²) in [6, 6.07) is 3.09. The zero-order valence-corrected chi connectivity index (χ0v) is 12.0. The van der Waals surface area contributed by atoms with Crippen LogP contribution in [0.25, 0.3) is 5.82 Å². The maximum atomic E-state index is 11.5. The SMILES string of the molecule is COC(=O)c1ccnc(-n2nc(C)c(CC(=O)O)c2C)c1. The van der Waals surface area contributed by atoms with Crippen LogP contribution in [0, 0.1) is 13.8 Å². The summed E-state index contributed by atoms with van der Waals surface area (Å²) >= 11 is 0. The van der Waals surface area contributed by atoms with Crippen LogP contribution in [-0.4, -0.2) is 38.9 Å². The van der Waals surface area contributed by atoms with Crippen molar-refractivity contribution in [1.82, 2.24) is 14.8 Å². The number of carbonyl (C=O) groups is 2. The molecule has 0 radical (unpaired) electrons.